The van der Waals surface area contributed by atoms with Gasteiger partial charge in [-0.05, 0) is 122 Å². The summed E-state index contributed by atoms with van der Waals surface area (Å²) in [4.78, 5) is 38.3. The molecule has 0 spiro atoms. The monoisotopic (exact) mass is 1030 g/mol. The summed E-state index contributed by atoms with van der Waals surface area (Å²) in [7, 11) is 0. The minimum absolute atomic E-state index is 0.0935. The molecule has 6 heteroatoms. The average Bonchev–Trinajstić information content (AvgIpc) is 3.40. The Kier molecular flexibility index (Phi) is 58.3. The lowest BCUT2D eigenvalue weighted by atomic mass is 10.1. The van der Waals surface area contributed by atoms with Crippen LogP contribution in [0.2, 0.25) is 0 Å². The maximum atomic E-state index is 12.9. The van der Waals surface area contributed by atoms with Crippen molar-refractivity contribution in [3.05, 3.63) is 109 Å². The Hall–Kier alpha value is -3.93. The molecular weight excluding hydrogens is 913 g/mol. The average molecular weight is 1030 g/mol. The van der Waals surface area contributed by atoms with Crippen molar-refractivity contribution in [1.29, 1.82) is 0 Å². The van der Waals surface area contributed by atoms with Crippen molar-refractivity contribution in [3.63, 3.8) is 0 Å². The zero-order chi connectivity index (χ0) is 53.6. The van der Waals surface area contributed by atoms with Crippen LogP contribution in [0.1, 0.15) is 284 Å². The fourth-order valence-electron chi connectivity index (χ4n) is 8.34. The summed E-state index contributed by atoms with van der Waals surface area (Å²) < 4.78 is 16.9. The predicted octanol–water partition coefficient (Wildman–Crippen LogP) is 21.0. The highest BCUT2D eigenvalue weighted by Crippen LogP contribution is 2.15. The predicted molar refractivity (Wildman–Crippen MR) is 320 cm³/mol. The smallest absolute Gasteiger partial charge is 0.306 e. The van der Waals surface area contributed by atoms with Gasteiger partial charge in [-0.15, -0.1) is 0 Å². The van der Waals surface area contributed by atoms with Crippen LogP contribution in [0, 0.1) is 0 Å². The Morgan fingerprint density at radius 1 is 0.284 bits per heavy atom. The molecule has 0 fully saturated rings. The summed E-state index contributed by atoms with van der Waals surface area (Å²) in [6, 6.07) is 0. The molecule has 74 heavy (non-hydrogen) atoms. The lowest BCUT2D eigenvalue weighted by Crippen LogP contribution is -2.30. The van der Waals surface area contributed by atoms with Crippen LogP contribution in [-0.2, 0) is 28.6 Å². The van der Waals surface area contributed by atoms with E-state index in [2.05, 4.69) is 130 Å². The van der Waals surface area contributed by atoms with Crippen LogP contribution in [0.4, 0.5) is 0 Å². The van der Waals surface area contributed by atoms with Gasteiger partial charge in [-0.1, -0.05) is 252 Å². The second kappa shape index (κ2) is 61.6. The van der Waals surface area contributed by atoms with Crippen molar-refractivity contribution in [2.45, 2.75) is 290 Å². The van der Waals surface area contributed by atoms with Gasteiger partial charge < -0.3 is 14.2 Å². The maximum absolute atomic E-state index is 12.9. The van der Waals surface area contributed by atoms with Crippen molar-refractivity contribution < 1.29 is 28.6 Å². The molecule has 0 aliphatic rings. The van der Waals surface area contributed by atoms with Gasteiger partial charge in [-0.25, -0.2) is 0 Å². The molecule has 1 unspecified atom stereocenters. The van der Waals surface area contributed by atoms with Gasteiger partial charge in [-0.3, -0.25) is 14.4 Å². The van der Waals surface area contributed by atoms with E-state index in [0.29, 0.717) is 19.3 Å². The first kappa shape index (κ1) is 70.1. The molecule has 0 aromatic carbocycles. The number of rotatable bonds is 55. The molecule has 422 valence electrons. The third kappa shape index (κ3) is 59.0. The summed E-state index contributed by atoms with van der Waals surface area (Å²) in [5, 5.41) is 0. The molecule has 0 aliphatic heterocycles. The van der Waals surface area contributed by atoms with E-state index in [1.165, 1.54) is 103 Å². The third-order valence-electron chi connectivity index (χ3n) is 13.0. The van der Waals surface area contributed by atoms with Crippen molar-refractivity contribution in [2.24, 2.45) is 0 Å². The molecule has 0 heterocycles. The zero-order valence-corrected chi connectivity index (χ0v) is 48.3. The van der Waals surface area contributed by atoms with Gasteiger partial charge >= 0.3 is 17.9 Å². The van der Waals surface area contributed by atoms with Gasteiger partial charge in [-0.2, -0.15) is 0 Å². The second-order valence-corrected chi connectivity index (χ2v) is 20.2. The van der Waals surface area contributed by atoms with E-state index in [1.54, 1.807) is 0 Å². The molecule has 0 aromatic heterocycles. The van der Waals surface area contributed by atoms with Crippen LogP contribution in [0.25, 0.3) is 0 Å². The number of carbonyl (C=O) groups excluding carboxylic acids is 3. The molecule has 0 saturated carbocycles. The minimum atomic E-state index is -0.798. The lowest BCUT2D eigenvalue weighted by Gasteiger charge is -2.18. The quantitative estimate of drug-likeness (QED) is 0.0261. The molecule has 0 bridgehead atoms. The van der Waals surface area contributed by atoms with Gasteiger partial charge in [0.15, 0.2) is 6.10 Å². The van der Waals surface area contributed by atoms with Crippen LogP contribution in [-0.4, -0.2) is 37.2 Å². The Labute approximate surface area is 457 Å². The highest BCUT2D eigenvalue weighted by molar-refractivity contribution is 5.71. The number of ether oxygens (including phenoxy) is 3. The minimum Gasteiger partial charge on any atom is -0.462 e. The maximum Gasteiger partial charge on any atom is 0.306 e. The van der Waals surface area contributed by atoms with E-state index in [-0.39, 0.29) is 31.1 Å². The van der Waals surface area contributed by atoms with E-state index in [1.807, 2.05) is 0 Å². The van der Waals surface area contributed by atoms with Crippen molar-refractivity contribution in [3.8, 4) is 0 Å². The number of allylic oxidation sites excluding steroid dienone is 18. The molecule has 0 radical (unpaired) electrons. The highest BCUT2D eigenvalue weighted by atomic mass is 16.6. The fourth-order valence-corrected chi connectivity index (χ4v) is 8.34. The Morgan fingerprint density at radius 3 is 0.865 bits per heavy atom. The van der Waals surface area contributed by atoms with Gasteiger partial charge in [0, 0.05) is 19.3 Å². The largest absolute Gasteiger partial charge is 0.462 e. The van der Waals surface area contributed by atoms with Crippen LogP contribution in [0.15, 0.2) is 109 Å². The second-order valence-electron chi connectivity index (χ2n) is 20.2. The molecule has 0 N–H and O–H groups in total. The summed E-state index contributed by atoms with van der Waals surface area (Å²) in [6.45, 7) is 6.46. The van der Waals surface area contributed by atoms with Crippen LogP contribution in [0.5, 0.6) is 0 Å². The molecule has 0 amide bonds. The van der Waals surface area contributed by atoms with E-state index >= 15 is 0 Å². The topological polar surface area (TPSA) is 78.9 Å². The fraction of sp³-hybridized carbons (Fsp3) is 0.691. The van der Waals surface area contributed by atoms with Gasteiger partial charge in [0.05, 0.1) is 0 Å². The Balaban J connectivity index is 4.43. The van der Waals surface area contributed by atoms with Crippen molar-refractivity contribution >= 4 is 17.9 Å². The molecular formula is C68H114O6. The van der Waals surface area contributed by atoms with Crippen LogP contribution >= 0.6 is 0 Å². The molecule has 6 nitrogen and oxygen atoms in total. The van der Waals surface area contributed by atoms with E-state index in [0.717, 1.165) is 141 Å². The van der Waals surface area contributed by atoms with E-state index in [9.17, 15) is 14.4 Å². The van der Waals surface area contributed by atoms with Gasteiger partial charge in [0.1, 0.15) is 13.2 Å². The van der Waals surface area contributed by atoms with Crippen LogP contribution in [0.3, 0.4) is 0 Å². The SMILES string of the molecule is CC/C=C\C/C=C\C/C=C\C/C=C\CCCCCCCCCCC(=O)OCC(COC(=O)CCCCCCC/C=C\C/C=C\CCCC)OC(=O)CCCCCCCC/C=C\C/C=C\C/C=C\CCCCCCC. The zero-order valence-electron chi connectivity index (χ0n) is 48.3. The lowest BCUT2D eigenvalue weighted by molar-refractivity contribution is -0.167. The summed E-state index contributed by atoms with van der Waals surface area (Å²) in [5.74, 6) is -0.923. The van der Waals surface area contributed by atoms with Crippen molar-refractivity contribution in [2.75, 3.05) is 13.2 Å². The molecule has 0 saturated heterocycles. The van der Waals surface area contributed by atoms with Gasteiger partial charge in [0.25, 0.3) is 0 Å². The Bertz CT molecular complexity index is 1510. The first-order chi connectivity index (χ1) is 36.5. The molecule has 1 atom stereocenters. The highest BCUT2D eigenvalue weighted by Gasteiger charge is 2.19. The third-order valence-corrected chi connectivity index (χ3v) is 13.0. The number of hydrogen-bond acceptors (Lipinski definition) is 6. The van der Waals surface area contributed by atoms with Gasteiger partial charge in [0.2, 0.25) is 0 Å². The molecule has 0 rings (SSSR count). The summed E-state index contributed by atoms with van der Waals surface area (Å²) >= 11 is 0. The van der Waals surface area contributed by atoms with E-state index in [4.69, 9.17) is 14.2 Å². The van der Waals surface area contributed by atoms with E-state index < -0.39 is 6.10 Å². The number of unbranched alkanes of at least 4 members (excludes halogenated alkanes) is 26. The first-order valence-corrected chi connectivity index (χ1v) is 30.9. The van der Waals surface area contributed by atoms with Crippen molar-refractivity contribution in [1.82, 2.24) is 0 Å². The summed E-state index contributed by atoms with van der Waals surface area (Å²) in [5.41, 5.74) is 0. The summed E-state index contributed by atoms with van der Waals surface area (Å²) in [6.07, 6.45) is 83.6. The number of hydrogen-bond donors (Lipinski definition) is 0. The standard InChI is InChI=1S/C68H114O6/c1-4-7-10-13-16-19-22-25-28-30-32-34-36-38-40-43-46-49-52-55-58-61-67(70)73-64-65(63-72-66(69)60-57-54-51-48-45-42-27-24-21-18-15-12-9-6-3)74-68(71)62-59-56-53-50-47-44-41-39-37-35-33-31-29-26-23-20-17-14-11-8-5-2/h7,10,15-16,18-19,23-28,31-34,37,39,65H,4-6,8-9,11-14,17,20-22,29-30,35-36,38,40-64H2,1-3H3/b10-7-,18-15-,19-16-,26-23-,27-24-,28-25-,33-31-,34-32-,39-37-. The molecule has 0 aromatic rings. The number of esters is 3. The normalized spacial score (nSPS) is 12.9. The number of carbonyl (C=O) groups is 3. The van der Waals surface area contributed by atoms with Crippen LogP contribution < -0.4 is 0 Å². The Morgan fingerprint density at radius 2 is 0.541 bits per heavy atom. The first-order valence-electron chi connectivity index (χ1n) is 30.9. The molecule has 0 aliphatic carbocycles.